The standard InChI is InChI=1S/C22H22F2N4O2S/c1-14(27-30-13-16-7-9-19(10-8-16)22(3,23)24)18-6-4-5-17(11-18)12-20(29)26-21-25-15(2)28-31-21/h4-11H,12-13H2,1-3H3,(H,25,26,28,29). The molecule has 0 aliphatic carbocycles. The normalized spacial score (nSPS) is 12.0. The molecule has 0 saturated carbocycles. The third-order valence-corrected chi connectivity index (χ3v) is 5.10. The molecule has 31 heavy (non-hydrogen) atoms. The molecular weight excluding hydrogens is 422 g/mol. The van der Waals surface area contributed by atoms with Crippen molar-refractivity contribution in [3.63, 3.8) is 0 Å². The minimum Gasteiger partial charge on any atom is -0.391 e. The lowest BCUT2D eigenvalue weighted by atomic mass is 10.1. The lowest BCUT2D eigenvalue weighted by Crippen LogP contribution is -2.14. The van der Waals surface area contributed by atoms with Crippen LogP contribution in [0.3, 0.4) is 0 Å². The summed E-state index contributed by atoms with van der Waals surface area (Å²) in [6.07, 6.45) is 0.189. The summed E-state index contributed by atoms with van der Waals surface area (Å²) in [5.41, 5.74) is 2.97. The number of halogens is 2. The predicted molar refractivity (Wildman–Crippen MR) is 116 cm³/mol. The van der Waals surface area contributed by atoms with Crippen LogP contribution in [0.1, 0.15) is 41.9 Å². The van der Waals surface area contributed by atoms with Crippen LogP contribution < -0.4 is 5.32 Å². The first kappa shape index (κ1) is 22.5. The molecule has 1 aromatic heterocycles. The highest BCUT2D eigenvalue weighted by atomic mass is 32.1. The van der Waals surface area contributed by atoms with Crippen LogP contribution in [0, 0.1) is 6.92 Å². The van der Waals surface area contributed by atoms with Gasteiger partial charge in [-0.3, -0.25) is 4.79 Å². The SMILES string of the molecule is CC(=NOCc1ccc(C(C)(F)F)cc1)c1cccc(CC(=O)Nc2nc(C)ns2)c1. The number of hydrogen-bond donors (Lipinski definition) is 1. The number of oxime groups is 1. The summed E-state index contributed by atoms with van der Waals surface area (Å²) in [5, 5.41) is 7.31. The summed E-state index contributed by atoms with van der Waals surface area (Å²) in [6, 6.07) is 13.4. The average molecular weight is 445 g/mol. The van der Waals surface area contributed by atoms with Gasteiger partial charge in [-0.2, -0.15) is 4.37 Å². The Morgan fingerprint density at radius 1 is 1.19 bits per heavy atom. The molecule has 1 heterocycles. The summed E-state index contributed by atoms with van der Waals surface area (Å²) < 4.78 is 30.6. The minimum atomic E-state index is -2.87. The molecule has 162 valence electrons. The molecular formula is C22H22F2N4O2S. The van der Waals surface area contributed by atoms with Crippen LogP contribution in [0.25, 0.3) is 0 Å². The van der Waals surface area contributed by atoms with Gasteiger partial charge >= 0.3 is 0 Å². The molecule has 0 fully saturated rings. The number of benzene rings is 2. The van der Waals surface area contributed by atoms with Gasteiger partial charge in [0.1, 0.15) is 12.4 Å². The number of carbonyl (C=O) groups is 1. The third-order valence-electron chi connectivity index (χ3n) is 4.38. The zero-order chi connectivity index (χ0) is 22.4. The Balaban J connectivity index is 1.56. The van der Waals surface area contributed by atoms with Gasteiger partial charge in [0, 0.05) is 24.0 Å². The quantitative estimate of drug-likeness (QED) is 0.388. The number of anilines is 1. The molecule has 3 aromatic rings. The Morgan fingerprint density at radius 2 is 1.94 bits per heavy atom. The fourth-order valence-electron chi connectivity index (χ4n) is 2.75. The van der Waals surface area contributed by atoms with Crippen LogP contribution in [0.5, 0.6) is 0 Å². The fourth-order valence-corrected chi connectivity index (χ4v) is 3.34. The summed E-state index contributed by atoms with van der Waals surface area (Å²) in [5.74, 6) is -2.43. The molecule has 9 heteroatoms. The van der Waals surface area contributed by atoms with Gasteiger partial charge in [0.05, 0.1) is 12.1 Å². The van der Waals surface area contributed by atoms with E-state index in [0.29, 0.717) is 16.7 Å². The van der Waals surface area contributed by atoms with Gasteiger partial charge in [0.15, 0.2) is 0 Å². The molecule has 2 aromatic carbocycles. The Hall–Kier alpha value is -3.20. The van der Waals surface area contributed by atoms with E-state index in [2.05, 4.69) is 19.8 Å². The highest BCUT2D eigenvalue weighted by molar-refractivity contribution is 7.09. The van der Waals surface area contributed by atoms with Crippen molar-refractivity contribution >= 4 is 28.3 Å². The van der Waals surface area contributed by atoms with Crippen molar-refractivity contribution in [2.45, 2.75) is 39.7 Å². The first-order valence-electron chi connectivity index (χ1n) is 9.54. The number of aryl methyl sites for hydroxylation is 1. The van der Waals surface area contributed by atoms with Gasteiger partial charge in [-0.25, -0.2) is 13.8 Å². The van der Waals surface area contributed by atoms with Crippen LogP contribution in [0.15, 0.2) is 53.7 Å². The van der Waals surface area contributed by atoms with E-state index in [1.807, 2.05) is 24.3 Å². The van der Waals surface area contributed by atoms with E-state index in [1.54, 1.807) is 26.0 Å². The zero-order valence-corrected chi connectivity index (χ0v) is 18.2. The van der Waals surface area contributed by atoms with Crippen molar-refractivity contribution in [2.24, 2.45) is 5.16 Å². The number of amides is 1. The summed E-state index contributed by atoms with van der Waals surface area (Å²) in [6.45, 7) is 4.58. The molecule has 0 spiro atoms. The molecule has 1 N–H and O–H groups in total. The predicted octanol–water partition coefficient (Wildman–Crippen LogP) is 5.08. The van der Waals surface area contributed by atoms with Crippen LogP contribution in [-0.2, 0) is 28.6 Å². The van der Waals surface area contributed by atoms with Crippen LogP contribution in [-0.4, -0.2) is 21.0 Å². The van der Waals surface area contributed by atoms with Gasteiger partial charge in [0.25, 0.3) is 5.92 Å². The summed E-state index contributed by atoms with van der Waals surface area (Å²) in [4.78, 5) is 21.7. The van der Waals surface area contributed by atoms with E-state index in [0.717, 1.165) is 35.1 Å². The monoisotopic (exact) mass is 444 g/mol. The second-order valence-electron chi connectivity index (χ2n) is 7.11. The van der Waals surface area contributed by atoms with Crippen molar-refractivity contribution in [3.05, 3.63) is 76.6 Å². The van der Waals surface area contributed by atoms with E-state index in [9.17, 15) is 13.6 Å². The second-order valence-corrected chi connectivity index (χ2v) is 7.86. The third kappa shape index (κ3) is 6.65. The highest BCUT2D eigenvalue weighted by Crippen LogP contribution is 2.26. The summed E-state index contributed by atoms with van der Waals surface area (Å²) in [7, 11) is 0. The van der Waals surface area contributed by atoms with Crippen LogP contribution >= 0.6 is 11.5 Å². The smallest absolute Gasteiger partial charge is 0.270 e. The number of alkyl halides is 2. The molecule has 0 unspecified atom stereocenters. The lowest BCUT2D eigenvalue weighted by Gasteiger charge is -2.10. The Kier molecular flexibility index (Phi) is 7.06. The maximum atomic E-state index is 13.3. The molecule has 3 rings (SSSR count). The van der Waals surface area contributed by atoms with Gasteiger partial charge in [-0.05, 0) is 36.6 Å². The Bertz CT molecular complexity index is 1080. The van der Waals surface area contributed by atoms with E-state index < -0.39 is 5.92 Å². The van der Waals surface area contributed by atoms with Crippen molar-refractivity contribution in [1.82, 2.24) is 9.36 Å². The molecule has 0 radical (unpaired) electrons. The number of aromatic nitrogens is 2. The number of hydrogen-bond acceptors (Lipinski definition) is 6. The number of carbonyl (C=O) groups excluding carboxylic acids is 1. The maximum Gasteiger partial charge on any atom is 0.270 e. The lowest BCUT2D eigenvalue weighted by molar-refractivity contribution is -0.115. The van der Waals surface area contributed by atoms with Gasteiger partial charge < -0.3 is 10.2 Å². The van der Waals surface area contributed by atoms with Gasteiger partial charge in [-0.15, -0.1) is 0 Å². The van der Waals surface area contributed by atoms with Crippen LogP contribution in [0.2, 0.25) is 0 Å². The van der Waals surface area contributed by atoms with E-state index in [-0.39, 0.29) is 24.5 Å². The van der Waals surface area contributed by atoms with Crippen LogP contribution in [0.4, 0.5) is 13.9 Å². The maximum absolute atomic E-state index is 13.3. The fraction of sp³-hybridized carbons (Fsp3) is 0.273. The highest BCUT2D eigenvalue weighted by Gasteiger charge is 2.23. The Labute approximate surface area is 183 Å². The van der Waals surface area contributed by atoms with Crippen molar-refractivity contribution in [1.29, 1.82) is 0 Å². The Morgan fingerprint density at radius 3 is 2.58 bits per heavy atom. The molecule has 0 aliphatic rings. The second kappa shape index (κ2) is 9.74. The number of nitrogens with zero attached hydrogens (tertiary/aromatic N) is 3. The van der Waals surface area contributed by atoms with E-state index in [4.69, 9.17) is 4.84 Å². The van der Waals surface area contributed by atoms with Crippen molar-refractivity contribution in [2.75, 3.05) is 5.32 Å². The largest absolute Gasteiger partial charge is 0.391 e. The first-order chi connectivity index (χ1) is 14.7. The first-order valence-corrected chi connectivity index (χ1v) is 10.3. The minimum absolute atomic E-state index is 0.0435. The zero-order valence-electron chi connectivity index (χ0n) is 17.4. The van der Waals surface area contributed by atoms with E-state index >= 15 is 0 Å². The average Bonchev–Trinajstić information content (AvgIpc) is 3.12. The molecule has 0 bridgehead atoms. The topological polar surface area (TPSA) is 76.5 Å². The molecule has 1 amide bonds. The van der Waals surface area contributed by atoms with Gasteiger partial charge in [-0.1, -0.05) is 47.6 Å². The number of rotatable bonds is 8. The van der Waals surface area contributed by atoms with Crippen molar-refractivity contribution < 1.29 is 18.4 Å². The molecule has 6 nitrogen and oxygen atoms in total. The molecule has 0 atom stereocenters. The molecule has 0 aliphatic heterocycles. The van der Waals surface area contributed by atoms with Crippen molar-refractivity contribution in [3.8, 4) is 0 Å². The van der Waals surface area contributed by atoms with E-state index in [1.165, 1.54) is 12.1 Å². The number of nitrogens with one attached hydrogen (secondary N) is 1. The molecule has 0 saturated heterocycles. The van der Waals surface area contributed by atoms with Gasteiger partial charge in [0.2, 0.25) is 11.0 Å². The summed E-state index contributed by atoms with van der Waals surface area (Å²) >= 11 is 1.14.